The van der Waals surface area contributed by atoms with E-state index in [0.717, 1.165) is 16.3 Å². The van der Waals surface area contributed by atoms with Crippen molar-refractivity contribution < 1.29 is 13.9 Å². The number of methoxy groups -OCH3 is 1. The third-order valence-electron chi connectivity index (χ3n) is 5.08. The summed E-state index contributed by atoms with van der Waals surface area (Å²) in [7, 11) is 1.61. The third-order valence-corrected chi connectivity index (χ3v) is 5.41. The van der Waals surface area contributed by atoms with Crippen molar-refractivity contribution in [2.75, 3.05) is 12.4 Å². The number of aromatic nitrogens is 1. The topological polar surface area (TPSA) is 64.4 Å². The second kappa shape index (κ2) is 7.78. The zero-order chi connectivity index (χ0) is 21.4. The molecule has 0 fully saturated rings. The SMILES string of the molecule is COc1ccc2oc(-c3cccc(NC(=O)c4cccc5c(Cl)cccc45)c3)nc2c1. The number of hydrogen-bond acceptors (Lipinski definition) is 4. The molecule has 1 N–H and O–H groups in total. The summed E-state index contributed by atoms with van der Waals surface area (Å²) in [4.78, 5) is 17.5. The molecule has 1 amide bonds. The lowest BCUT2D eigenvalue weighted by atomic mass is 10.0. The maximum atomic E-state index is 13.0. The van der Waals surface area contributed by atoms with Crippen LogP contribution in [-0.4, -0.2) is 18.0 Å². The summed E-state index contributed by atoms with van der Waals surface area (Å²) in [5, 5.41) is 5.22. The van der Waals surface area contributed by atoms with Crippen LogP contribution < -0.4 is 10.1 Å². The van der Waals surface area contributed by atoms with Crippen molar-refractivity contribution in [3.05, 3.63) is 89.4 Å². The minimum atomic E-state index is -0.215. The molecule has 1 aromatic heterocycles. The summed E-state index contributed by atoms with van der Waals surface area (Å²) in [5.41, 5.74) is 3.32. The van der Waals surface area contributed by atoms with Crippen molar-refractivity contribution >= 4 is 45.1 Å². The van der Waals surface area contributed by atoms with Crippen LogP contribution in [0.15, 0.2) is 83.3 Å². The number of hydrogen-bond donors (Lipinski definition) is 1. The molecular formula is C25H17ClN2O3. The molecule has 5 nitrogen and oxygen atoms in total. The van der Waals surface area contributed by atoms with Crippen molar-refractivity contribution in [1.82, 2.24) is 4.98 Å². The number of carbonyl (C=O) groups excluding carboxylic acids is 1. The Morgan fingerprint density at radius 2 is 1.77 bits per heavy atom. The van der Waals surface area contributed by atoms with Crippen LogP contribution in [0.3, 0.4) is 0 Å². The van der Waals surface area contributed by atoms with E-state index >= 15 is 0 Å². The number of rotatable bonds is 4. The molecule has 5 aromatic rings. The van der Waals surface area contributed by atoms with Crippen LogP contribution in [-0.2, 0) is 0 Å². The third kappa shape index (κ3) is 3.60. The number of nitrogens with zero attached hydrogens (tertiary/aromatic N) is 1. The molecule has 0 aliphatic carbocycles. The molecule has 0 spiro atoms. The van der Waals surface area contributed by atoms with E-state index in [-0.39, 0.29) is 5.91 Å². The molecule has 5 rings (SSSR count). The standard InChI is InChI=1S/C25H17ClN2O3/c1-30-17-11-12-23-22(14-17)28-25(31-23)15-5-2-6-16(13-15)27-24(29)20-9-3-8-19-18(20)7-4-10-21(19)26/h2-14H,1H3,(H,27,29). The Labute approximate surface area is 183 Å². The summed E-state index contributed by atoms with van der Waals surface area (Å²) >= 11 is 6.28. The average Bonchev–Trinajstić information content (AvgIpc) is 3.22. The van der Waals surface area contributed by atoms with Gasteiger partial charge in [0, 0.05) is 33.3 Å². The van der Waals surface area contributed by atoms with Gasteiger partial charge in [0.2, 0.25) is 5.89 Å². The highest BCUT2D eigenvalue weighted by Gasteiger charge is 2.13. The Hall–Kier alpha value is -3.83. The van der Waals surface area contributed by atoms with Crippen molar-refractivity contribution in [1.29, 1.82) is 0 Å². The molecule has 0 radical (unpaired) electrons. The summed E-state index contributed by atoms with van der Waals surface area (Å²) in [5.74, 6) is 0.965. The van der Waals surface area contributed by atoms with Crippen LogP contribution in [0.2, 0.25) is 5.02 Å². The minimum Gasteiger partial charge on any atom is -0.497 e. The van der Waals surface area contributed by atoms with Gasteiger partial charge in [0.05, 0.1) is 7.11 Å². The molecule has 0 aliphatic heterocycles. The number of ether oxygens (including phenoxy) is 1. The van der Waals surface area contributed by atoms with Gasteiger partial charge in [-0.1, -0.05) is 41.9 Å². The zero-order valence-electron chi connectivity index (χ0n) is 16.6. The Bertz CT molecular complexity index is 1440. The number of halogens is 1. The Morgan fingerprint density at radius 3 is 2.65 bits per heavy atom. The zero-order valence-corrected chi connectivity index (χ0v) is 17.3. The van der Waals surface area contributed by atoms with Gasteiger partial charge in [0.25, 0.3) is 5.91 Å². The van der Waals surface area contributed by atoms with E-state index in [4.69, 9.17) is 20.8 Å². The van der Waals surface area contributed by atoms with Gasteiger partial charge in [-0.3, -0.25) is 4.79 Å². The molecular weight excluding hydrogens is 412 g/mol. The van der Waals surface area contributed by atoms with E-state index in [1.165, 1.54) is 0 Å². The van der Waals surface area contributed by atoms with E-state index in [1.54, 1.807) is 13.2 Å². The number of nitrogens with one attached hydrogen (secondary N) is 1. The number of carbonyl (C=O) groups is 1. The molecule has 152 valence electrons. The van der Waals surface area contributed by atoms with Crippen LogP contribution >= 0.6 is 11.6 Å². The first kappa shape index (κ1) is 19.2. The molecule has 0 aliphatic rings. The number of benzene rings is 4. The van der Waals surface area contributed by atoms with Crippen molar-refractivity contribution in [3.8, 4) is 17.2 Å². The number of oxazole rings is 1. The first-order valence-electron chi connectivity index (χ1n) is 9.66. The lowest BCUT2D eigenvalue weighted by Crippen LogP contribution is -2.12. The van der Waals surface area contributed by atoms with Crippen LogP contribution in [0.1, 0.15) is 10.4 Å². The second-order valence-electron chi connectivity index (χ2n) is 7.03. The minimum absolute atomic E-state index is 0.215. The summed E-state index contributed by atoms with van der Waals surface area (Å²) < 4.78 is 11.1. The van der Waals surface area contributed by atoms with E-state index in [0.29, 0.717) is 39.0 Å². The fraction of sp³-hybridized carbons (Fsp3) is 0.0400. The smallest absolute Gasteiger partial charge is 0.256 e. The Kier molecular flexibility index (Phi) is 4.81. The lowest BCUT2D eigenvalue weighted by Gasteiger charge is -2.09. The Morgan fingerprint density at radius 1 is 0.968 bits per heavy atom. The van der Waals surface area contributed by atoms with Crippen LogP contribution in [0.25, 0.3) is 33.3 Å². The summed E-state index contributed by atoms with van der Waals surface area (Å²) in [6.45, 7) is 0. The second-order valence-corrected chi connectivity index (χ2v) is 7.44. The molecule has 4 aromatic carbocycles. The molecule has 0 unspecified atom stereocenters. The van der Waals surface area contributed by atoms with Gasteiger partial charge in [0.15, 0.2) is 5.58 Å². The molecule has 0 atom stereocenters. The molecule has 6 heteroatoms. The first-order valence-corrected chi connectivity index (χ1v) is 10.0. The molecule has 0 saturated heterocycles. The summed E-state index contributed by atoms with van der Waals surface area (Å²) in [6.07, 6.45) is 0. The average molecular weight is 429 g/mol. The first-order chi connectivity index (χ1) is 15.1. The van der Waals surface area contributed by atoms with E-state index in [2.05, 4.69) is 10.3 Å². The fourth-order valence-corrected chi connectivity index (χ4v) is 3.79. The van der Waals surface area contributed by atoms with Crippen molar-refractivity contribution in [2.45, 2.75) is 0 Å². The van der Waals surface area contributed by atoms with Gasteiger partial charge >= 0.3 is 0 Å². The maximum absolute atomic E-state index is 13.0. The summed E-state index contributed by atoms with van der Waals surface area (Å²) in [6, 6.07) is 23.9. The molecule has 0 saturated carbocycles. The van der Waals surface area contributed by atoms with Gasteiger partial charge < -0.3 is 14.5 Å². The number of anilines is 1. The predicted molar refractivity (Wildman–Crippen MR) is 123 cm³/mol. The highest BCUT2D eigenvalue weighted by molar-refractivity contribution is 6.36. The van der Waals surface area contributed by atoms with E-state index < -0.39 is 0 Å². The number of fused-ring (bicyclic) bond motifs is 2. The fourth-order valence-electron chi connectivity index (χ4n) is 3.56. The van der Waals surface area contributed by atoms with Crippen LogP contribution in [0.4, 0.5) is 5.69 Å². The van der Waals surface area contributed by atoms with Crippen LogP contribution in [0.5, 0.6) is 5.75 Å². The predicted octanol–water partition coefficient (Wildman–Crippen LogP) is 6.56. The maximum Gasteiger partial charge on any atom is 0.256 e. The van der Waals surface area contributed by atoms with Crippen LogP contribution in [0, 0.1) is 0 Å². The number of amides is 1. The van der Waals surface area contributed by atoms with Gasteiger partial charge in [-0.2, -0.15) is 0 Å². The van der Waals surface area contributed by atoms with E-state index in [9.17, 15) is 4.79 Å². The normalized spacial score (nSPS) is 11.0. The monoisotopic (exact) mass is 428 g/mol. The highest BCUT2D eigenvalue weighted by Crippen LogP contribution is 2.29. The Balaban J connectivity index is 1.46. The van der Waals surface area contributed by atoms with Crippen molar-refractivity contribution in [2.24, 2.45) is 0 Å². The van der Waals surface area contributed by atoms with Gasteiger partial charge in [0.1, 0.15) is 11.3 Å². The van der Waals surface area contributed by atoms with Gasteiger partial charge in [-0.25, -0.2) is 4.98 Å². The molecule has 1 heterocycles. The largest absolute Gasteiger partial charge is 0.497 e. The molecule has 0 bridgehead atoms. The van der Waals surface area contributed by atoms with Gasteiger partial charge in [-0.15, -0.1) is 0 Å². The molecule has 31 heavy (non-hydrogen) atoms. The highest BCUT2D eigenvalue weighted by atomic mass is 35.5. The van der Waals surface area contributed by atoms with Gasteiger partial charge in [-0.05, 0) is 47.9 Å². The van der Waals surface area contributed by atoms with Crippen molar-refractivity contribution in [3.63, 3.8) is 0 Å². The van der Waals surface area contributed by atoms with E-state index in [1.807, 2.05) is 72.8 Å². The quantitative estimate of drug-likeness (QED) is 0.352. The lowest BCUT2D eigenvalue weighted by molar-refractivity contribution is 0.102.